The summed E-state index contributed by atoms with van der Waals surface area (Å²) in [7, 11) is 0. The van der Waals surface area contributed by atoms with Crippen molar-refractivity contribution in [3.8, 4) is 0 Å². The van der Waals surface area contributed by atoms with Crippen LogP contribution in [0.3, 0.4) is 0 Å². The summed E-state index contributed by atoms with van der Waals surface area (Å²) in [5.74, 6) is -2.55. The summed E-state index contributed by atoms with van der Waals surface area (Å²) in [5, 5.41) is 0. The maximum Gasteiger partial charge on any atom is 0.299 e. The van der Waals surface area contributed by atoms with Gasteiger partial charge in [0.2, 0.25) is 0 Å². The van der Waals surface area contributed by atoms with Crippen LogP contribution in [-0.4, -0.2) is 37.2 Å². The van der Waals surface area contributed by atoms with Crippen LogP contribution in [0.4, 0.5) is 10.1 Å². The molecule has 21 heavy (non-hydrogen) atoms. The maximum absolute atomic E-state index is 13.6. The van der Waals surface area contributed by atoms with E-state index in [0.29, 0.717) is 19.6 Å². The Morgan fingerprint density at radius 2 is 2.19 bits per heavy atom. The molecule has 2 aliphatic rings. The fourth-order valence-corrected chi connectivity index (χ4v) is 2.86. The maximum atomic E-state index is 13.6. The first kappa shape index (κ1) is 14.3. The van der Waals surface area contributed by atoms with E-state index in [0.717, 1.165) is 11.0 Å². The van der Waals surface area contributed by atoms with Crippen molar-refractivity contribution in [2.24, 2.45) is 5.92 Å². The van der Waals surface area contributed by atoms with Crippen LogP contribution in [0.15, 0.2) is 16.6 Å². The number of rotatable bonds is 3. The van der Waals surface area contributed by atoms with Crippen LogP contribution >= 0.6 is 15.9 Å². The van der Waals surface area contributed by atoms with E-state index in [-0.39, 0.29) is 34.0 Å². The molecule has 1 unspecified atom stereocenters. The zero-order chi connectivity index (χ0) is 15.1. The van der Waals surface area contributed by atoms with Crippen LogP contribution in [0, 0.1) is 11.7 Å². The largest absolute Gasteiger partial charge is 0.381 e. The summed E-state index contributed by atoms with van der Waals surface area (Å²) in [4.78, 5) is 37.1. The van der Waals surface area contributed by atoms with E-state index < -0.39 is 17.5 Å². The molecular weight excluding hydrogens is 345 g/mol. The molecule has 1 aromatic carbocycles. The molecule has 1 amide bonds. The van der Waals surface area contributed by atoms with Gasteiger partial charge in [-0.1, -0.05) is 0 Å². The Morgan fingerprint density at radius 1 is 1.43 bits per heavy atom. The number of carbonyl (C=O) groups is 3. The number of nitrogens with zero attached hydrogens (tertiary/aromatic N) is 1. The predicted molar refractivity (Wildman–Crippen MR) is 74.7 cm³/mol. The van der Waals surface area contributed by atoms with Crippen molar-refractivity contribution in [1.29, 1.82) is 0 Å². The molecule has 2 heterocycles. The summed E-state index contributed by atoms with van der Waals surface area (Å²) < 4.78 is 18.9. The van der Waals surface area contributed by atoms with Gasteiger partial charge in [0.05, 0.1) is 28.9 Å². The molecule has 1 aromatic rings. The zero-order valence-electron chi connectivity index (χ0n) is 10.9. The molecule has 2 aliphatic heterocycles. The molecule has 110 valence electrons. The van der Waals surface area contributed by atoms with E-state index in [1.54, 1.807) is 0 Å². The SMILES string of the molecule is O=C1C(=O)N(CC(=O)C2CCOC2)c2cc(F)c(Br)cc21. The number of fused-ring (bicyclic) bond motifs is 1. The highest BCUT2D eigenvalue weighted by molar-refractivity contribution is 9.10. The third-order valence-corrected chi connectivity index (χ3v) is 4.32. The molecule has 3 rings (SSSR count). The highest BCUT2D eigenvalue weighted by atomic mass is 79.9. The van der Waals surface area contributed by atoms with Gasteiger partial charge in [0.1, 0.15) is 5.82 Å². The lowest BCUT2D eigenvalue weighted by Gasteiger charge is -2.17. The normalized spacial score (nSPS) is 21.0. The summed E-state index contributed by atoms with van der Waals surface area (Å²) in [6, 6.07) is 2.37. The van der Waals surface area contributed by atoms with Crippen molar-refractivity contribution in [2.45, 2.75) is 6.42 Å². The van der Waals surface area contributed by atoms with Crippen molar-refractivity contribution in [3.63, 3.8) is 0 Å². The van der Waals surface area contributed by atoms with Crippen LogP contribution in [-0.2, 0) is 14.3 Å². The third kappa shape index (κ3) is 2.40. The molecule has 0 spiro atoms. The highest BCUT2D eigenvalue weighted by Gasteiger charge is 2.39. The molecule has 0 bridgehead atoms. The number of ketones is 2. The van der Waals surface area contributed by atoms with Crippen molar-refractivity contribution in [1.82, 2.24) is 0 Å². The highest BCUT2D eigenvalue weighted by Crippen LogP contribution is 2.33. The summed E-state index contributed by atoms with van der Waals surface area (Å²) in [6.07, 6.45) is 0.608. The molecule has 0 aliphatic carbocycles. The second kappa shape index (κ2) is 5.31. The van der Waals surface area contributed by atoms with Gasteiger partial charge in [-0.2, -0.15) is 0 Å². The van der Waals surface area contributed by atoms with Gasteiger partial charge in [-0.05, 0) is 34.5 Å². The number of ether oxygens (including phenoxy) is 1. The van der Waals surface area contributed by atoms with Crippen LogP contribution < -0.4 is 4.90 Å². The monoisotopic (exact) mass is 355 g/mol. The predicted octanol–water partition coefficient (Wildman–Crippen LogP) is 1.72. The van der Waals surface area contributed by atoms with Gasteiger partial charge in [-0.15, -0.1) is 0 Å². The van der Waals surface area contributed by atoms with Gasteiger partial charge >= 0.3 is 0 Å². The number of halogens is 2. The average Bonchev–Trinajstić information content (AvgIpc) is 3.05. The van der Waals surface area contributed by atoms with E-state index in [1.807, 2.05) is 0 Å². The van der Waals surface area contributed by atoms with Crippen molar-refractivity contribution < 1.29 is 23.5 Å². The lowest BCUT2D eigenvalue weighted by atomic mass is 10.0. The fraction of sp³-hybridized carbons (Fsp3) is 0.357. The second-order valence-corrected chi connectivity index (χ2v) is 5.89. The number of hydrogen-bond acceptors (Lipinski definition) is 4. The molecule has 7 heteroatoms. The number of hydrogen-bond donors (Lipinski definition) is 0. The minimum atomic E-state index is -0.797. The van der Waals surface area contributed by atoms with E-state index in [4.69, 9.17) is 4.74 Å². The Morgan fingerprint density at radius 3 is 2.86 bits per heavy atom. The van der Waals surface area contributed by atoms with Gasteiger partial charge in [0.25, 0.3) is 11.7 Å². The van der Waals surface area contributed by atoms with Gasteiger partial charge in [-0.3, -0.25) is 19.3 Å². The molecule has 0 radical (unpaired) electrons. The number of amides is 1. The molecule has 0 aromatic heterocycles. The van der Waals surface area contributed by atoms with Gasteiger partial charge in [0, 0.05) is 12.5 Å². The second-order valence-electron chi connectivity index (χ2n) is 5.03. The lowest BCUT2D eigenvalue weighted by molar-refractivity contribution is -0.123. The zero-order valence-corrected chi connectivity index (χ0v) is 12.5. The first-order valence-corrected chi connectivity index (χ1v) is 7.24. The van der Waals surface area contributed by atoms with Crippen LogP contribution in [0.5, 0.6) is 0 Å². The average molecular weight is 356 g/mol. The summed E-state index contributed by atoms with van der Waals surface area (Å²) in [5.41, 5.74) is 0.265. The molecule has 1 atom stereocenters. The molecule has 0 saturated carbocycles. The first-order valence-electron chi connectivity index (χ1n) is 6.44. The van der Waals surface area contributed by atoms with Gasteiger partial charge in [-0.25, -0.2) is 4.39 Å². The molecule has 1 fully saturated rings. The smallest absolute Gasteiger partial charge is 0.299 e. The Labute approximate surface area is 128 Å². The minimum absolute atomic E-state index is 0.111. The van der Waals surface area contributed by atoms with Crippen molar-refractivity contribution in [3.05, 3.63) is 28.0 Å². The first-order chi connectivity index (χ1) is 9.99. The Balaban J connectivity index is 1.90. The third-order valence-electron chi connectivity index (χ3n) is 3.71. The van der Waals surface area contributed by atoms with E-state index in [9.17, 15) is 18.8 Å². The Hall–Kier alpha value is -1.60. The van der Waals surface area contributed by atoms with E-state index >= 15 is 0 Å². The number of benzene rings is 1. The van der Waals surface area contributed by atoms with E-state index in [2.05, 4.69) is 15.9 Å². The summed E-state index contributed by atoms with van der Waals surface area (Å²) in [6.45, 7) is 0.616. The summed E-state index contributed by atoms with van der Waals surface area (Å²) >= 11 is 2.98. The van der Waals surface area contributed by atoms with Crippen molar-refractivity contribution >= 4 is 39.1 Å². The van der Waals surface area contributed by atoms with Crippen LogP contribution in [0.2, 0.25) is 0 Å². The number of carbonyl (C=O) groups excluding carboxylic acids is 3. The molecule has 5 nitrogen and oxygen atoms in total. The molecular formula is C14H11BrFNO4. The van der Waals surface area contributed by atoms with Crippen LogP contribution in [0.25, 0.3) is 0 Å². The van der Waals surface area contributed by atoms with Gasteiger partial charge in [0.15, 0.2) is 5.78 Å². The lowest BCUT2D eigenvalue weighted by Crippen LogP contribution is -2.37. The van der Waals surface area contributed by atoms with Gasteiger partial charge < -0.3 is 4.74 Å². The van der Waals surface area contributed by atoms with Crippen molar-refractivity contribution in [2.75, 3.05) is 24.7 Å². The minimum Gasteiger partial charge on any atom is -0.381 e. The van der Waals surface area contributed by atoms with E-state index in [1.165, 1.54) is 6.07 Å². The van der Waals surface area contributed by atoms with Crippen LogP contribution in [0.1, 0.15) is 16.8 Å². The molecule has 1 saturated heterocycles. The fourth-order valence-electron chi connectivity index (χ4n) is 2.52. The topological polar surface area (TPSA) is 63.7 Å². The quantitative estimate of drug-likeness (QED) is 0.774. The standard InChI is InChI=1S/C14H11BrFNO4/c15-9-3-8-11(4-10(9)16)17(14(20)13(8)19)5-12(18)7-1-2-21-6-7/h3-4,7H,1-2,5-6H2. The Bertz CT molecular complexity index is 655. The molecule has 0 N–H and O–H groups in total. The number of Topliss-reactive ketones (excluding diaryl/α,β-unsaturated/α-hetero) is 2. The number of anilines is 1. The Kier molecular flexibility index (Phi) is 3.62.